The zero-order valence-corrected chi connectivity index (χ0v) is 16.7. The Balaban J connectivity index is 1.17. The minimum atomic E-state index is 0.110. The first-order valence-corrected chi connectivity index (χ1v) is 10.9. The topological polar surface area (TPSA) is 61.6 Å². The van der Waals surface area contributed by atoms with Gasteiger partial charge in [0.05, 0.1) is 0 Å². The van der Waals surface area contributed by atoms with Crippen molar-refractivity contribution in [1.29, 1.82) is 0 Å². The molecule has 1 aromatic heterocycles. The summed E-state index contributed by atoms with van der Waals surface area (Å²) in [5, 5.41) is 3.16. The van der Waals surface area contributed by atoms with Crippen LogP contribution in [0.15, 0.2) is 28.7 Å². The van der Waals surface area contributed by atoms with E-state index in [1.54, 1.807) is 0 Å². The van der Waals surface area contributed by atoms with Gasteiger partial charge >= 0.3 is 0 Å². The largest absolute Gasteiger partial charge is 0.423 e. The lowest BCUT2D eigenvalue weighted by atomic mass is 9.96. The van der Waals surface area contributed by atoms with Gasteiger partial charge in [-0.2, -0.15) is 4.98 Å². The number of fused-ring (bicyclic) bond motifs is 1. The molecule has 2 aromatic rings. The molecule has 3 heterocycles. The lowest BCUT2D eigenvalue weighted by Crippen LogP contribution is -2.41. The Morgan fingerprint density at radius 1 is 1.07 bits per heavy atom. The summed E-state index contributed by atoms with van der Waals surface area (Å²) < 4.78 is 5.86. The lowest BCUT2D eigenvalue weighted by Gasteiger charge is -2.30. The summed E-state index contributed by atoms with van der Waals surface area (Å²) in [7, 11) is 0. The summed E-state index contributed by atoms with van der Waals surface area (Å²) >= 11 is 0. The Kier molecular flexibility index (Phi) is 6.47. The van der Waals surface area contributed by atoms with Gasteiger partial charge in [0.15, 0.2) is 5.58 Å². The SMILES string of the molecule is O=C(NCCCN1CCCCCC1)C1CCN(c2nc3ccccc3o2)CC1. The van der Waals surface area contributed by atoms with Gasteiger partial charge in [-0.05, 0) is 63.9 Å². The first kappa shape index (κ1) is 19.2. The van der Waals surface area contributed by atoms with Crippen LogP contribution >= 0.6 is 0 Å². The number of para-hydroxylation sites is 2. The molecule has 0 aliphatic carbocycles. The summed E-state index contributed by atoms with van der Waals surface area (Å²) in [6.45, 7) is 5.99. The van der Waals surface area contributed by atoms with Crippen LogP contribution in [-0.2, 0) is 4.79 Å². The smallest absolute Gasteiger partial charge is 0.298 e. The molecule has 2 fully saturated rings. The zero-order chi connectivity index (χ0) is 19.2. The van der Waals surface area contributed by atoms with E-state index in [-0.39, 0.29) is 11.8 Å². The van der Waals surface area contributed by atoms with Crippen LogP contribution in [0.5, 0.6) is 0 Å². The highest BCUT2D eigenvalue weighted by molar-refractivity contribution is 5.79. The average molecular weight is 385 g/mol. The molecular weight excluding hydrogens is 352 g/mol. The number of hydrogen-bond acceptors (Lipinski definition) is 5. The summed E-state index contributed by atoms with van der Waals surface area (Å²) in [4.78, 5) is 21.8. The molecule has 1 N–H and O–H groups in total. The van der Waals surface area contributed by atoms with E-state index in [2.05, 4.69) is 20.1 Å². The van der Waals surface area contributed by atoms with Gasteiger partial charge in [-0.3, -0.25) is 4.79 Å². The van der Waals surface area contributed by atoms with E-state index in [0.29, 0.717) is 6.01 Å². The molecule has 0 spiro atoms. The van der Waals surface area contributed by atoms with Crippen LogP contribution in [0.2, 0.25) is 0 Å². The quantitative estimate of drug-likeness (QED) is 0.773. The third-order valence-corrected chi connectivity index (χ3v) is 6.07. The van der Waals surface area contributed by atoms with Crippen molar-refractivity contribution >= 4 is 23.0 Å². The van der Waals surface area contributed by atoms with Gasteiger partial charge in [0, 0.05) is 25.6 Å². The minimum absolute atomic E-state index is 0.110. The highest BCUT2D eigenvalue weighted by atomic mass is 16.4. The van der Waals surface area contributed by atoms with Crippen LogP contribution in [0.25, 0.3) is 11.1 Å². The summed E-state index contributed by atoms with van der Waals surface area (Å²) in [5.41, 5.74) is 1.71. The molecular formula is C22H32N4O2. The highest BCUT2D eigenvalue weighted by Crippen LogP contribution is 2.26. The highest BCUT2D eigenvalue weighted by Gasteiger charge is 2.27. The van der Waals surface area contributed by atoms with E-state index in [1.807, 2.05) is 24.3 Å². The second kappa shape index (κ2) is 9.41. The third kappa shape index (κ3) is 4.85. The predicted molar refractivity (Wildman–Crippen MR) is 111 cm³/mol. The van der Waals surface area contributed by atoms with E-state index in [9.17, 15) is 4.79 Å². The number of oxazole rings is 1. The first-order chi connectivity index (χ1) is 13.8. The number of anilines is 1. The van der Waals surface area contributed by atoms with E-state index in [0.717, 1.165) is 56.5 Å². The zero-order valence-electron chi connectivity index (χ0n) is 16.7. The van der Waals surface area contributed by atoms with E-state index in [4.69, 9.17) is 4.42 Å². The molecule has 2 aliphatic heterocycles. The number of rotatable bonds is 6. The van der Waals surface area contributed by atoms with Crippen LogP contribution in [0.3, 0.4) is 0 Å². The Morgan fingerprint density at radius 3 is 2.57 bits per heavy atom. The maximum absolute atomic E-state index is 12.5. The molecule has 0 unspecified atom stereocenters. The average Bonchev–Trinajstić information content (AvgIpc) is 3.00. The predicted octanol–water partition coefficient (Wildman–Crippen LogP) is 3.43. The number of likely N-dealkylation sites (tertiary alicyclic amines) is 1. The van der Waals surface area contributed by atoms with E-state index < -0.39 is 0 Å². The number of benzene rings is 1. The second-order valence-electron chi connectivity index (χ2n) is 8.13. The molecule has 2 aliphatic rings. The Labute approximate surface area is 167 Å². The van der Waals surface area contributed by atoms with Crippen LogP contribution in [0, 0.1) is 5.92 Å². The number of hydrogen-bond donors (Lipinski definition) is 1. The third-order valence-electron chi connectivity index (χ3n) is 6.07. The van der Waals surface area contributed by atoms with Gasteiger partial charge in [-0.15, -0.1) is 0 Å². The molecule has 0 radical (unpaired) electrons. The van der Waals surface area contributed by atoms with Gasteiger partial charge < -0.3 is 19.5 Å². The van der Waals surface area contributed by atoms with E-state index in [1.165, 1.54) is 38.8 Å². The van der Waals surface area contributed by atoms with Crippen molar-refractivity contribution in [2.45, 2.75) is 44.9 Å². The summed E-state index contributed by atoms with van der Waals surface area (Å²) in [6, 6.07) is 8.52. The molecule has 2 saturated heterocycles. The van der Waals surface area contributed by atoms with Gasteiger partial charge in [0.25, 0.3) is 6.01 Å². The molecule has 0 saturated carbocycles. The normalized spacial score (nSPS) is 19.6. The van der Waals surface area contributed by atoms with E-state index >= 15 is 0 Å². The van der Waals surface area contributed by atoms with Gasteiger partial charge in [0.1, 0.15) is 5.52 Å². The second-order valence-corrected chi connectivity index (χ2v) is 8.13. The minimum Gasteiger partial charge on any atom is -0.423 e. The standard InChI is InChI=1S/C22H32N4O2/c27-21(23-12-7-15-25-13-5-1-2-6-14-25)18-10-16-26(17-11-18)22-24-19-8-3-4-9-20(19)28-22/h3-4,8-9,18H,1-2,5-7,10-17H2,(H,23,27). The number of aromatic nitrogens is 1. The Hall–Kier alpha value is -2.08. The number of nitrogens with zero attached hydrogens (tertiary/aromatic N) is 3. The lowest BCUT2D eigenvalue weighted by molar-refractivity contribution is -0.125. The fourth-order valence-electron chi connectivity index (χ4n) is 4.35. The number of piperidine rings is 1. The summed E-state index contributed by atoms with van der Waals surface area (Å²) in [5.74, 6) is 0.326. The monoisotopic (exact) mass is 384 g/mol. The van der Waals surface area contributed by atoms with Crippen LogP contribution in [0.1, 0.15) is 44.9 Å². The number of nitrogens with one attached hydrogen (secondary N) is 1. The fraction of sp³-hybridized carbons (Fsp3) is 0.636. The van der Waals surface area contributed by atoms with Crippen molar-refractivity contribution in [2.75, 3.05) is 44.2 Å². The number of carbonyl (C=O) groups is 1. The van der Waals surface area contributed by atoms with Crippen molar-refractivity contribution in [3.05, 3.63) is 24.3 Å². The first-order valence-electron chi connectivity index (χ1n) is 10.9. The van der Waals surface area contributed by atoms with Crippen molar-refractivity contribution in [1.82, 2.24) is 15.2 Å². The van der Waals surface area contributed by atoms with Crippen molar-refractivity contribution in [2.24, 2.45) is 5.92 Å². The summed E-state index contributed by atoms with van der Waals surface area (Å²) in [6.07, 6.45) is 8.15. The van der Waals surface area contributed by atoms with Crippen LogP contribution in [-0.4, -0.2) is 55.1 Å². The van der Waals surface area contributed by atoms with Gasteiger partial charge in [0.2, 0.25) is 5.91 Å². The van der Waals surface area contributed by atoms with Crippen LogP contribution < -0.4 is 10.2 Å². The van der Waals surface area contributed by atoms with Crippen LogP contribution in [0.4, 0.5) is 6.01 Å². The molecule has 0 atom stereocenters. The molecule has 1 amide bonds. The Bertz CT molecular complexity index is 726. The number of carbonyl (C=O) groups excluding carboxylic acids is 1. The maximum Gasteiger partial charge on any atom is 0.298 e. The van der Waals surface area contributed by atoms with Gasteiger partial charge in [-0.1, -0.05) is 25.0 Å². The molecule has 1 aromatic carbocycles. The molecule has 6 nitrogen and oxygen atoms in total. The van der Waals surface area contributed by atoms with Crippen molar-refractivity contribution in [3.63, 3.8) is 0 Å². The molecule has 28 heavy (non-hydrogen) atoms. The van der Waals surface area contributed by atoms with Crippen molar-refractivity contribution in [3.8, 4) is 0 Å². The molecule has 0 bridgehead atoms. The molecule has 6 heteroatoms. The van der Waals surface area contributed by atoms with Crippen molar-refractivity contribution < 1.29 is 9.21 Å². The molecule has 4 rings (SSSR count). The Morgan fingerprint density at radius 2 is 1.82 bits per heavy atom. The van der Waals surface area contributed by atoms with Gasteiger partial charge in [-0.25, -0.2) is 0 Å². The number of amides is 1. The maximum atomic E-state index is 12.5. The fourth-order valence-corrected chi connectivity index (χ4v) is 4.35. The molecule has 152 valence electrons.